The fourth-order valence-corrected chi connectivity index (χ4v) is 10.7. The number of carbonyl (C=O) groups is 2. The Morgan fingerprint density at radius 1 is 1.11 bits per heavy atom. The fourth-order valence-electron chi connectivity index (χ4n) is 9.23. The molecule has 0 aromatic rings. The Kier molecular flexibility index (Phi) is 10.7. The lowest BCUT2D eigenvalue weighted by Gasteiger charge is -2.60. The largest absolute Gasteiger partial charge is 0.378 e. The van der Waals surface area contributed by atoms with Crippen molar-refractivity contribution in [1.82, 2.24) is 30.7 Å². The summed E-state index contributed by atoms with van der Waals surface area (Å²) in [6, 6.07) is -0.927. The molecule has 0 radical (unpaired) electrons. The van der Waals surface area contributed by atoms with Crippen LogP contribution in [0.5, 0.6) is 0 Å². The van der Waals surface area contributed by atoms with E-state index in [1.54, 1.807) is 4.90 Å². The first-order valence-corrected chi connectivity index (χ1v) is 18.5. The van der Waals surface area contributed by atoms with Gasteiger partial charge in [-0.3, -0.25) is 15.0 Å². The van der Waals surface area contributed by atoms with Crippen LogP contribution in [0.4, 0.5) is 13.6 Å². The van der Waals surface area contributed by atoms with Crippen LogP contribution >= 0.6 is 11.8 Å². The van der Waals surface area contributed by atoms with Crippen LogP contribution in [0.1, 0.15) is 65.7 Å². The van der Waals surface area contributed by atoms with E-state index in [0.717, 1.165) is 44.4 Å². The third kappa shape index (κ3) is 6.65. The van der Waals surface area contributed by atoms with Gasteiger partial charge in [0.25, 0.3) is 0 Å². The van der Waals surface area contributed by atoms with E-state index >= 15 is 8.78 Å². The first-order valence-electron chi connectivity index (χ1n) is 17.5. The Bertz CT molecular complexity index is 1070. The maximum Gasteiger partial charge on any atom is 0.320 e. The molecule has 6 aliphatic rings. The molecule has 12 atom stereocenters. The van der Waals surface area contributed by atoms with Crippen molar-refractivity contribution in [2.75, 3.05) is 38.5 Å². The number of hydrogen-bond donors (Lipinski definition) is 3. The number of nitrogens with one attached hydrogen (secondary N) is 3. The number of carbonyl (C=O) groups excluding carboxylic acids is 2. The minimum Gasteiger partial charge on any atom is -0.378 e. The molecule has 5 heterocycles. The van der Waals surface area contributed by atoms with Gasteiger partial charge in [0.2, 0.25) is 5.91 Å². The topological polar surface area (TPSA) is 89.2 Å². The van der Waals surface area contributed by atoms with Gasteiger partial charge in [0.05, 0.1) is 24.5 Å². The first kappa shape index (κ1) is 33.4. The Hall–Kier alpha value is -1.47. The fraction of sp³-hybridized carbons (Fsp3) is 0.879. The van der Waals surface area contributed by atoms with Crippen molar-refractivity contribution in [3.63, 3.8) is 0 Å². The molecule has 11 unspecified atom stereocenters. The van der Waals surface area contributed by atoms with E-state index in [-0.39, 0.29) is 59.7 Å². The van der Waals surface area contributed by atoms with E-state index in [0.29, 0.717) is 32.7 Å². The minimum absolute atomic E-state index is 0.0387. The monoisotopic (exact) mass is 652 g/mol. The molecule has 3 amide bonds. The van der Waals surface area contributed by atoms with E-state index in [1.165, 1.54) is 6.08 Å². The van der Waals surface area contributed by atoms with Gasteiger partial charge in [0.1, 0.15) is 12.3 Å². The molecule has 0 spiro atoms. The lowest BCUT2D eigenvalue weighted by atomic mass is 9.73. The maximum atomic E-state index is 16.6. The van der Waals surface area contributed by atoms with E-state index in [1.807, 2.05) is 16.7 Å². The van der Waals surface area contributed by atoms with Gasteiger partial charge in [-0.2, -0.15) is 11.8 Å². The SMILES string of the molecule is C=CC(=O)N1CCN(C2NC(=O)N3C4NC(C(F)CC42)C2C(F)CCCC2OCCCCSC2CCNC(C(C)C)C23)[C@@H](C)C1. The van der Waals surface area contributed by atoms with E-state index in [4.69, 9.17) is 4.74 Å². The molecule has 3 N–H and O–H groups in total. The van der Waals surface area contributed by atoms with Gasteiger partial charge in [-0.05, 0) is 76.2 Å². The van der Waals surface area contributed by atoms with Crippen molar-refractivity contribution < 1.29 is 23.1 Å². The number of piperazine rings is 1. The highest BCUT2D eigenvalue weighted by molar-refractivity contribution is 7.99. The number of piperidine rings is 2. The molecule has 12 heteroatoms. The molecular weight excluding hydrogens is 598 g/mol. The summed E-state index contributed by atoms with van der Waals surface area (Å²) in [7, 11) is 0. The van der Waals surface area contributed by atoms with E-state index in [2.05, 4.69) is 48.2 Å². The number of ether oxygens (including phenoxy) is 1. The highest BCUT2D eigenvalue weighted by atomic mass is 32.2. The van der Waals surface area contributed by atoms with Gasteiger partial charge >= 0.3 is 6.03 Å². The van der Waals surface area contributed by atoms with Gasteiger partial charge in [-0.15, -0.1) is 0 Å². The quantitative estimate of drug-likeness (QED) is 0.403. The number of amides is 3. The standard InChI is InChI=1S/C33H54F2N6O3S/c1-5-26(42)39-13-14-40(20(4)18-39)31-21-17-23(35)29-27-22(34)9-8-10-24(27)44-15-6-7-16-45-25-11-12-36-28(19(2)3)30(25)41(32(21)37-29)33(43)38-31/h5,19-25,27-32,36-37H,1,6-18H2,2-4H3,(H,38,43)/t20-,21?,22?,23?,24?,25?,27?,28?,29?,30?,31?,32?/m0/s1. The van der Waals surface area contributed by atoms with Crippen molar-refractivity contribution in [1.29, 1.82) is 0 Å². The summed E-state index contributed by atoms with van der Waals surface area (Å²) in [5.41, 5.74) is 0. The van der Waals surface area contributed by atoms with Gasteiger partial charge in [-0.1, -0.05) is 20.4 Å². The summed E-state index contributed by atoms with van der Waals surface area (Å²) in [6.45, 7) is 13.2. The molecule has 45 heavy (non-hydrogen) atoms. The van der Waals surface area contributed by atoms with Crippen LogP contribution in [0.15, 0.2) is 12.7 Å². The second-order valence-corrected chi connectivity index (χ2v) is 15.8. The number of thioether (sulfide) groups is 1. The van der Waals surface area contributed by atoms with Crippen molar-refractivity contribution in [3.8, 4) is 0 Å². The zero-order chi connectivity index (χ0) is 31.8. The molecule has 2 bridgehead atoms. The number of nitrogens with zero attached hydrogens (tertiary/aromatic N) is 3. The van der Waals surface area contributed by atoms with E-state index < -0.39 is 36.6 Å². The lowest BCUT2D eigenvalue weighted by Crippen LogP contribution is -2.80. The molecule has 5 saturated heterocycles. The highest BCUT2D eigenvalue weighted by Gasteiger charge is 2.57. The average Bonchev–Trinajstić information content (AvgIpc) is 3.02. The molecule has 254 valence electrons. The Morgan fingerprint density at radius 3 is 2.69 bits per heavy atom. The van der Waals surface area contributed by atoms with Crippen molar-refractivity contribution in [2.24, 2.45) is 17.8 Å². The van der Waals surface area contributed by atoms with Crippen LogP contribution in [-0.4, -0.2) is 125 Å². The number of urea groups is 1. The predicted octanol–water partition coefficient (Wildman–Crippen LogP) is 3.50. The van der Waals surface area contributed by atoms with Crippen LogP contribution in [0.25, 0.3) is 0 Å². The normalized spacial score (nSPS) is 43.5. The molecule has 9 nitrogen and oxygen atoms in total. The molecule has 6 fully saturated rings. The molecule has 6 rings (SSSR count). The van der Waals surface area contributed by atoms with Crippen LogP contribution < -0.4 is 16.0 Å². The number of hydrogen-bond acceptors (Lipinski definition) is 7. The molecule has 1 saturated carbocycles. The summed E-state index contributed by atoms with van der Waals surface area (Å²) in [5.74, 6) is 0.319. The number of fused-ring (bicyclic) bond motifs is 5. The zero-order valence-electron chi connectivity index (χ0n) is 27.2. The van der Waals surface area contributed by atoms with E-state index in [9.17, 15) is 9.59 Å². The molecule has 5 aliphatic heterocycles. The van der Waals surface area contributed by atoms with Crippen molar-refractivity contribution in [2.45, 2.75) is 126 Å². The van der Waals surface area contributed by atoms with Gasteiger partial charge in [-0.25, -0.2) is 13.6 Å². The Balaban J connectivity index is 1.38. The Labute approximate surface area is 272 Å². The second kappa shape index (κ2) is 14.3. The summed E-state index contributed by atoms with van der Waals surface area (Å²) < 4.78 is 38.8. The number of alkyl halides is 2. The van der Waals surface area contributed by atoms with Crippen LogP contribution in [-0.2, 0) is 9.53 Å². The van der Waals surface area contributed by atoms with Gasteiger partial charge in [0, 0.05) is 61.5 Å². The lowest BCUT2D eigenvalue weighted by molar-refractivity contribution is -0.133. The van der Waals surface area contributed by atoms with Crippen molar-refractivity contribution >= 4 is 23.7 Å². The summed E-state index contributed by atoms with van der Waals surface area (Å²) in [6.07, 6.45) is 2.69. The maximum absolute atomic E-state index is 16.6. The smallest absolute Gasteiger partial charge is 0.320 e. The van der Waals surface area contributed by atoms with Gasteiger partial charge in [0.15, 0.2) is 0 Å². The number of halogens is 2. The predicted molar refractivity (Wildman–Crippen MR) is 173 cm³/mol. The van der Waals surface area contributed by atoms with Crippen molar-refractivity contribution in [3.05, 3.63) is 12.7 Å². The van der Waals surface area contributed by atoms with Crippen LogP contribution in [0.2, 0.25) is 0 Å². The summed E-state index contributed by atoms with van der Waals surface area (Å²) in [4.78, 5) is 32.9. The second-order valence-electron chi connectivity index (χ2n) is 14.5. The zero-order valence-corrected chi connectivity index (χ0v) is 28.0. The summed E-state index contributed by atoms with van der Waals surface area (Å²) in [5, 5.41) is 11.0. The molecule has 0 aromatic carbocycles. The molecule has 0 aromatic heterocycles. The Morgan fingerprint density at radius 2 is 1.93 bits per heavy atom. The highest BCUT2D eigenvalue weighted by Crippen LogP contribution is 2.43. The van der Waals surface area contributed by atoms with Gasteiger partial charge < -0.3 is 25.2 Å². The summed E-state index contributed by atoms with van der Waals surface area (Å²) >= 11 is 1.95. The third-order valence-corrected chi connectivity index (χ3v) is 12.9. The third-order valence-electron chi connectivity index (χ3n) is 11.4. The average molecular weight is 653 g/mol. The number of rotatable bonds is 3. The first-order chi connectivity index (χ1) is 21.7. The van der Waals surface area contributed by atoms with Crippen LogP contribution in [0, 0.1) is 17.8 Å². The molecule has 1 aliphatic carbocycles. The minimum atomic E-state index is -1.28. The molecular formula is C33H54F2N6O3S. The van der Waals surface area contributed by atoms with Crippen LogP contribution in [0.3, 0.4) is 0 Å².